The first-order chi connectivity index (χ1) is 10.1. The SMILES string of the molecule is CNCCc1ccccc1C(=O)Cc1cc(Cl)ccc1F. The van der Waals surface area contributed by atoms with Crippen molar-refractivity contribution in [3.05, 3.63) is 70.0 Å². The maximum Gasteiger partial charge on any atom is 0.167 e. The zero-order valence-electron chi connectivity index (χ0n) is 11.8. The number of rotatable bonds is 6. The molecule has 0 radical (unpaired) electrons. The first-order valence-corrected chi connectivity index (χ1v) is 7.19. The largest absolute Gasteiger partial charge is 0.319 e. The van der Waals surface area contributed by atoms with Gasteiger partial charge in [-0.3, -0.25) is 4.79 Å². The van der Waals surface area contributed by atoms with E-state index in [9.17, 15) is 9.18 Å². The van der Waals surface area contributed by atoms with E-state index in [-0.39, 0.29) is 12.2 Å². The number of halogens is 2. The summed E-state index contributed by atoms with van der Waals surface area (Å²) in [7, 11) is 1.87. The molecule has 0 aliphatic heterocycles. The molecule has 2 nitrogen and oxygen atoms in total. The van der Waals surface area contributed by atoms with Crippen molar-refractivity contribution in [2.24, 2.45) is 0 Å². The standard InChI is InChI=1S/C17H17ClFNO/c1-20-9-8-12-4-2-3-5-15(12)17(21)11-13-10-14(18)6-7-16(13)19/h2-7,10,20H,8-9,11H2,1H3. The Morgan fingerprint density at radius 1 is 1.19 bits per heavy atom. The number of ketones is 1. The molecule has 0 bridgehead atoms. The van der Waals surface area contributed by atoms with Crippen molar-refractivity contribution in [1.29, 1.82) is 0 Å². The lowest BCUT2D eigenvalue weighted by Crippen LogP contribution is -2.14. The molecule has 2 rings (SSSR count). The second-order valence-electron chi connectivity index (χ2n) is 4.85. The van der Waals surface area contributed by atoms with Gasteiger partial charge in [0, 0.05) is 17.0 Å². The molecular weight excluding hydrogens is 289 g/mol. The average Bonchev–Trinajstić information content (AvgIpc) is 2.49. The van der Waals surface area contributed by atoms with Gasteiger partial charge < -0.3 is 5.32 Å². The third-order valence-electron chi connectivity index (χ3n) is 3.32. The Morgan fingerprint density at radius 2 is 1.95 bits per heavy atom. The molecule has 0 aromatic heterocycles. The van der Waals surface area contributed by atoms with E-state index >= 15 is 0 Å². The van der Waals surface area contributed by atoms with Gasteiger partial charge in [-0.2, -0.15) is 0 Å². The molecular formula is C17H17ClFNO. The van der Waals surface area contributed by atoms with Crippen LogP contribution in [0.25, 0.3) is 0 Å². The summed E-state index contributed by atoms with van der Waals surface area (Å²) in [5.74, 6) is -0.497. The van der Waals surface area contributed by atoms with E-state index in [1.165, 1.54) is 18.2 Å². The molecule has 0 aliphatic carbocycles. The minimum Gasteiger partial charge on any atom is -0.319 e. The van der Waals surface area contributed by atoms with Crippen LogP contribution in [-0.4, -0.2) is 19.4 Å². The summed E-state index contributed by atoms with van der Waals surface area (Å²) >= 11 is 5.86. The van der Waals surface area contributed by atoms with E-state index in [4.69, 9.17) is 11.6 Å². The zero-order valence-corrected chi connectivity index (χ0v) is 12.6. The van der Waals surface area contributed by atoms with Crippen LogP contribution in [0.3, 0.4) is 0 Å². The minimum atomic E-state index is -0.402. The van der Waals surface area contributed by atoms with Crippen molar-refractivity contribution in [1.82, 2.24) is 5.32 Å². The molecule has 4 heteroatoms. The predicted octanol–water partition coefficient (Wildman–Crippen LogP) is 3.67. The van der Waals surface area contributed by atoms with Crippen LogP contribution < -0.4 is 5.32 Å². The molecule has 0 saturated carbocycles. The van der Waals surface area contributed by atoms with Crippen LogP contribution >= 0.6 is 11.6 Å². The van der Waals surface area contributed by atoms with Gasteiger partial charge in [-0.15, -0.1) is 0 Å². The molecule has 0 unspecified atom stereocenters. The normalized spacial score (nSPS) is 10.6. The number of carbonyl (C=O) groups is 1. The molecule has 0 saturated heterocycles. The lowest BCUT2D eigenvalue weighted by Gasteiger charge is -2.09. The van der Waals surface area contributed by atoms with Crippen molar-refractivity contribution in [3.63, 3.8) is 0 Å². The molecule has 0 atom stereocenters. The molecule has 1 N–H and O–H groups in total. The fraction of sp³-hybridized carbons (Fsp3) is 0.235. The van der Waals surface area contributed by atoms with Gasteiger partial charge in [0.15, 0.2) is 5.78 Å². The first kappa shape index (κ1) is 15.7. The van der Waals surface area contributed by atoms with E-state index < -0.39 is 5.82 Å². The Labute approximate surface area is 128 Å². The van der Waals surface area contributed by atoms with Crippen LogP contribution in [0, 0.1) is 5.82 Å². The van der Waals surface area contributed by atoms with Crippen LogP contribution in [0.4, 0.5) is 4.39 Å². The van der Waals surface area contributed by atoms with Gasteiger partial charge in [0.1, 0.15) is 5.82 Å². The highest BCUT2D eigenvalue weighted by atomic mass is 35.5. The fourth-order valence-electron chi connectivity index (χ4n) is 2.22. The van der Waals surface area contributed by atoms with Crippen LogP contribution in [0.2, 0.25) is 5.02 Å². The third kappa shape index (κ3) is 4.13. The van der Waals surface area contributed by atoms with Gasteiger partial charge in [0.05, 0.1) is 0 Å². The molecule has 0 fully saturated rings. The Bertz CT molecular complexity index is 642. The lowest BCUT2D eigenvalue weighted by atomic mass is 9.96. The zero-order chi connectivity index (χ0) is 15.2. The summed E-state index contributed by atoms with van der Waals surface area (Å²) in [6, 6.07) is 11.7. The molecule has 2 aromatic carbocycles. The Hall–Kier alpha value is -1.71. The van der Waals surface area contributed by atoms with Crippen LogP contribution in [0.5, 0.6) is 0 Å². The summed E-state index contributed by atoms with van der Waals surface area (Å²) in [6.07, 6.45) is 0.777. The van der Waals surface area contributed by atoms with Crippen LogP contribution in [0.15, 0.2) is 42.5 Å². The van der Waals surface area contributed by atoms with E-state index in [0.717, 1.165) is 18.5 Å². The van der Waals surface area contributed by atoms with Crippen LogP contribution in [-0.2, 0) is 12.8 Å². The monoisotopic (exact) mass is 305 g/mol. The second kappa shape index (κ2) is 7.34. The van der Waals surface area contributed by atoms with E-state index in [0.29, 0.717) is 16.1 Å². The first-order valence-electron chi connectivity index (χ1n) is 6.81. The van der Waals surface area contributed by atoms with Gasteiger partial charge >= 0.3 is 0 Å². The topological polar surface area (TPSA) is 29.1 Å². The highest BCUT2D eigenvalue weighted by molar-refractivity contribution is 6.30. The molecule has 0 heterocycles. The Balaban J connectivity index is 2.22. The summed E-state index contributed by atoms with van der Waals surface area (Å²) in [6.45, 7) is 0.788. The highest BCUT2D eigenvalue weighted by Gasteiger charge is 2.14. The average molecular weight is 306 g/mol. The quantitative estimate of drug-likeness (QED) is 0.825. The van der Waals surface area contributed by atoms with Crippen molar-refractivity contribution < 1.29 is 9.18 Å². The number of benzene rings is 2. The molecule has 21 heavy (non-hydrogen) atoms. The minimum absolute atomic E-state index is 0.0168. The number of hydrogen-bond acceptors (Lipinski definition) is 2. The number of nitrogens with one attached hydrogen (secondary N) is 1. The molecule has 0 amide bonds. The predicted molar refractivity (Wildman–Crippen MR) is 83.5 cm³/mol. The maximum atomic E-state index is 13.7. The summed E-state index contributed by atoms with van der Waals surface area (Å²) in [4.78, 5) is 12.4. The van der Waals surface area contributed by atoms with E-state index in [1.807, 2.05) is 25.2 Å². The van der Waals surface area contributed by atoms with E-state index in [1.54, 1.807) is 6.07 Å². The van der Waals surface area contributed by atoms with Gasteiger partial charge in [-0.05, 0) is 49.3 Å². The summed E-state index contributed by atoms with van der Waals surface area (Å²) in [5, 5.41) is 3.49. The molecule has 0 spiro atoms. The Morgan fingerprint density at radius 3 is 2.71 bits per heavy atom. The maximum absolute atomic E-state index is 13.7. The van der Waals surface area contributed by atoms with Gasteiger partial charge in [-0.25, -0.2) is 4.39 Å². The lowest BCUT2D eigenvalue weighted by molar-refractivity contribution is 0.0991. The van der Waals surface area contributed by atoms with Crippen molar-refractivity contribution in [2.75, 3.05) is 13.6 Å². The second-order valence-corrected chi connectivity index (χ2v) is 5.28. The molecule has 110 valence electrons. The number of carbonyl (C=O) groups excluding carboxylic acids is 1. The van der Waals surface area contributed by atoms with Crippen molar-refractivity contribution in [2.45, 2.75) is 12.8 Å². The highest BCUT2D eigenvalue weighted by Crippen LogP contribution is 2.18. The fourth-order valence-corrected chi connectivity index (χ4v) is 2.41. The summed E-state index contributed by atoms with van der Waals surface area (Å²) in [5.41, 5.74) is 1.95. The smallest absolute Gasteiger partial charge is 0.167 e. The number of hydrogen-bond donors (Lipinski definition) is 1. The number of likely N-dealkylation sites (N-methyl/N-ethyl adjacent to an activating group) is 1. The Kier molecular flexibility index (Phi) is 5.48. The van der Waals surface area contributed by atoms with Gasteiger partial charge in [0.2, 0.25) is 0 Å². The number of Topliss-reactive ketones (excluding diaryl/α,β-unsaturated/α-hetero) is 1. The van der Waals surface area contributed by atoms with E-state index in [2.05, 4.69) is 5.32 Å². The van der Waals surface area contributed by atoms with Gasteiger partial charge in [-0.1, -0.05) is 35.9 Å². The van der Waals surface area contributed by atoms with Crippen molar-refractivity contribution >= 4 is 17.4 Å². The van der Waals surface area contributed by atoms with Crippen LogP contribution in [0.1, 0.15) is 21.5 Å². The van der Waals surface area contributed by atoms with Gasteiger partial charge in [0.25, 0.3) is 0 Å². The third-order valence-corrected chi connectivity index (χ3v) is 3.56. The molecule has 2 aromatic rings. The molecule has 0 aliphatic rings. The van der Waals surface area contributed by atoms with Crippen molar-refractivity contribution in [3.8, 4) is 0 Å². The summed E-state index contributed by atoms with van der Waals surface area (Å²) < 4.78 is 13.7.